The fourth-order valence-corrected chi connectivity index (χ4v) is 2.59. The maximum atomic E-state index is 12.3. The first-order valence-corrected chi connectivity index (χ1v) is 7.72. The highest BCUT2D eigenvalue weighted by atomic mass is 16.5. The molecule has 1 atom stereocenters. The molecular weight excluding hydrogens is 308 g/mol. The second kappa shape index (κ2) is 6.74. The number of methoxy groups -OCH3 is 1. The molecule has 0 spiro atoms. The lowest BCUT2D eigenvalue weighted by Gasteiger charge is -2.16. The number of hydrazone groups is 1. The van der Waals surface area contributed by atoms with Crippen molar-refractivity contribution in [3.63, 3.8) is 0 Å². The Balaban J connectivity index is 1.56. The molecule has 0 radical (unpaired) electrons. The lowest BCUT2D eigenvalue weighted by molar-refractivity contribution is 0.0943. The summed E-state index contributed by atoms with van der Waals surface area (Å²) in [7, 11) is 1.59. The van der Waals surface area contributed by atoms with Crippen molar-refractivity contribution in [2.45, 2.75) is 26.4 Å². The van der Waals surface area contributed by atoms with Gasteiger partial charge in [-0.05, 0) is 38.1 Å². The van der Waals surface area contributed by atoms with Crippen LogP contribution >= 0.6 is 0 Å². The van der Waals surface area contributed by atoms with Gasteiger partial charge in [-0.25, -0.2) is 0 Å². The lowest BCUT2D eigenvalue weighted by Crippen LogP contribution is -2.39. The van der Waals surface area contributed by atoms with Crippen LogP contribution in [0.25, 0.3) is 0 Å². The molecule has 0 bridgehead atoms. The summed E-state index contributed by atoms with van der Waals surface area (Å²) in [5, 5.41) is 13.2. The van der Waals surface area contributed by atoms with Gasteiger partial charge in [0.25, 0.3) is 5.91 Å². The monoisotopic (exact) mass is 328 g/mol. The van der Waals surface area contributed by atoms with E-state index in [0.29, 0.717) is 18.7 Å². The third-order valence-corrected chi connectivity index (χ3v) is 4.01. The van der Waals surface area contributed by atoms with Gasteiger partial charge in [0.1, 0.15) is 11.5 Å². The Hall–Kier alpha value is -2.83. The van der Waals surface area contributed by atoms with Crippen LogP contribution in [0.5, 0.6) is 5.75 Å². The SMILES string of the molecule is COc1ccc(C(=O)NC2C=NN(Cc3c(C)noc3C)C2)cc1. The van der Waals surface area contributed by atoms with Gasteiger partial charge in [-0.1, -0.05) is 5.16 Å². The first kappa shape index (κ1) is 16.0. The van der Waals surface area contributed by atoms with Gasteiger partial charge < -0.3 is 14.6 Å². The van der Waals surface area contributed by atoms with Crippen molar-refractivity contribution in [3.05, 3.63) is 46.8 Å². The smallest absolute Gasteiger partial charge is 0.251 e. The minimum atomic E-state index is -0.131. The zero-order valence-corrected chi connectivity index (χ0v) is 13.9. The average Bonchev–Trinajstić information content (AvgIpc) is 3.16. The molecule has 24 heavy (non-hydrogen) atoms. The molecule has 126 valence electrons. The normalized spacial score (nSPS) is 16.5. The van der Waals surface area contributed by atoms with E-state index in [1.807, 2.05) is 18.9 Å². The van der Waals surface area contributed by atoms with Crippen LogP contribution in [0.1, 0.15) is 27.4 Å². The number of nitrogens with one attached hydrogen (secondary N) is 1. The number of amides is 1. The second-order valence-corrected chi connectivity index (χ2v) is 5.72. The van der Waals surface area contributed by atoms with Crippen molar-refractivity contribution >= 4 is 12.1 Å². The molecule has 1 aromatic carbocycles. The number of hydrogen-bond donors (Lipinski definition) is 1. The molecule has 2 heterocycles. The van der Waals surface area contributed by atoms with E-state index in [0.717, 1.165) is 22.8 Å². The first-order valence-electron chi connectivity index (χ1n) is 7.72. The predicted molar refractivity (Wildman–Crippen MR) is 89.1 cm³/mol. The molecule has 1 unspecified atom stereocenters. The summed E-state index contributed by atoms with van der Waals surface area (Å²) in [4.78, 5) is 12.3. The largest absolute Gasteiger partial charge is 0.497 e. The number of benzene rings is 1. The zero-order chi connectivity index (χ0) is 17.1. The summed E-state index contributed by atoms with van der Waals surface area (Å²) >= 11 is 0. The molecule has 3 rings (SSSR count). The number of ether oxygens (including phenoxy) is 1. The standard InChI is InChI=1S/C17H20N4O3/c1-11-16(12(2)24-20-11)10-21-9-14(8-18-21)19-17(22)13-4-6-15(23-3)7-5-13/h4-8,14H,9-10H2,1-3H3,(H,19,22). The highest BCUT2D eigenvalue weighted by Crippen LogP contribution is 2.17. The van der Waals surface area contributed by atoms with E-state index in [2.05, 4.69) is 15.6 Å². The number of rotatable bonds is 5. The van der Waals surface area contributed by atoms with Crippen LogP contribution in [0.2, 0.25) is 0 Å². The molecule has 1 N–H and O–H groups in total. The summed E-state index contributed by atoms with van der Waals surface area (Å²) in [5.74, 6) is 1.39. The van der Waals surface area contributed by atoms with Gasteiger partial charge in [0, 0.05) is 17.3 Å². The van der Waals surface area contributed by atoms with Crippen LogP contribution in [0.3, 0.4) is 0 Å². The fraction of sp³-hybridized carbons (Fsp3) is 0.353. The molecule has 1 aromatic heterocycles. The predicted octanol–water partition coefficient (Wildman–Crippen LogP) is 1.90. The quantitative estimate of drug-likeness (QED) is 0.907. The molecule has 7 nitrogen and oxygen atoms in total. The van der Waals surface area contributed by atoms with Gasteiger partial charge in [-0.2, -0.15) is 5.10 Å². The maximum absolute atomic E-state index is 12.3. The number of hydrogen-bond acceptors (Lipinski definition) is 6. The van der Waals surface area contributed by atoms with E-state index in [9.17, 15) is 4.79 Å². The Bertz CT molecular complexity index is 732. The van der Waals surface area contributed by atoms with Crippen LogP contribution < -0.4 is 10.1 Å². The zero-order valence-electron chi connectivity index (χ0n) is 13.9. The van der Waals surface area contributed by atoms with Gasteiger partial charge in [-0.3, -0.25) is 9.80 Å². The van der Waals surface area contributed by atoms with Gasteiger partial charge in [-0.15, -0.1) is 0 Å². The van der Waals surface area contributed by atoms with E-state index in [-0.39, 0.29) is 11.9 Å². The Labute approximate surface area is 140 Å². The van der Waals surface area contributed by atoms with E-state index in [1.165, 1.54) is 0 Å². The highest BCUT2D eigenvalue weighted by Gasteiger charge is 2.22. The summed E-state index contributed by atoms with van der Waals surface area (Å²) in [5.41, 5.74) is 2.50. The number of nitrogens with zero attached hydrogens (tertiary/aromatic N) is 3. The highest BCUT2D eigenvalue weighted by molar-refractivity contribution is 5.96. The van der Waals surface area contributed by atoms with Gasteiger partial charge in [0.05, 0.1) is 31.9 Å². The van der Waals surface area contributed by atoms with Crippen LogP contribution in [0.4, 0.5) is 0 Å². The van der Waals surface area contributed by atoms with Crippen LogP contribution in [0.15, 0.2) is 33.9 Å². The lowest BCUT2D eigenvalue weighted by atomic mass is 10.2. The molecule has 0 saturated heterocycles. The van der Waals surface area contributed by atoms with E-state index >= 15 is 0 Å². The second-order valence-electron chi connectivity index (χ2n) is 5.72. The van der Waals surface area contributed by atoms with Crippen LogP contribution in [0, 0.1) is 13.8 Å². The van der Waals surface area contributed by atoms with Crippen molar-refractivity contribution in [2.75, 3.05) is 13.7 Å². The number of aromatic nitrogens is 1. The molecule has 0 aliphatic carbocycles. The van der Waals surface area contributed by atoms with E-state index in [4.69, 9.17) is 9.26 Å². The minimum absolute atomic E-state index is 0.125. The number of carbonyl (C=O) groups excluding carboxylic acids is 1. The number of carbonyl (C=O) groups is 1. The number of aryl methyl sites for hydroxylation is 2. The maximum Gasteiger partial charge on any atom is 0.251 e. The molecule has 1 aliphatic heterocycles. The third kappa shape index (κ3) is 3.40. The average molecular weight is 328 g/mol. The van der Waals surface area contributed by atoms with Gasteiger partial charge in [0.15, 0.2) is 0 Å². The van der Waals surface area contributed by atoms with Gasteiger partial charge in [0.2, 0.25) is 0 Å². The molecule has 2 aromatic rings. The van der Waals surface area contributed by atoms with Crippen LogP contribution in [-0.2, 0) is 6.54 Å². The topological polar surface area (TPSA) is 80.0 Å². The minimum Gasteiger partial charge on any atom is -0.497 e. The molecular formula is C17H20N4O3. The van der Waals surface area contributed by atoms with Crippen molar-refractivity contribution in [2.24, 2.45) is 5.10 Å². The molecule has 0 saturated carbocycles. The first-order chi connectivity index (χ1) is 11.6. The summed E-state index contributed by atoms with van der Waals surface area (Å²) in [6.07, 6.45) is 1.75. The Morgan fingerprint density at radius 3 is 2.75 bits per heavy atom. The molecule has 0 fully saturated rings. The Morgan fingerprint density at radius 1 is 1.38 bits per heavy atom. The van der Waals surface area contributed by atoms with Gasteiger partial charge >= 0.3 is 0 Å². The Morgan fingerprint density at radius 2 is 2.12 bits per heavy atom. The van der Waals surface area contributed by atoms with E-state index < -0.39 is 0 Å². The summed E-state index contributed by atoms with van der Waals surface area (Å²) in [6, 6.07) is 6.88. The van der Waals surface area contributed by atoms with Crippen molar-refractivity contribution in [1.82, 2.24) is 15.5 Å². The van der Waals surface area contributed by atoms with E-state index in [1.54, 1.807) is 37.6 Å². The van der Waals surface area contributed by atoms with Crippen molar-refractivity contribution in [3.8, 4) is 5.75 Å². The van der Waals surface area contributed by atoms with Crippen molar-refractivity contribution in [1.29, 1.82) is 0 Å². The fourth-order valence-electron chi connectivity index (χ4n) is 2.59. The summed E-state index contributed by atoms with van der Waals surface area (Å²) < 4.78 is 10.3. The summed E-state index contributed by atoms with van der Waals surface area (Å²) in [6.45, 7) is 5.03. The van der Waals surface area contributed by atoms with Crippen molar-refractivity contribution < 1.29 is 14.1 Å². The Kier molecular flexibility index (Phi) is 4.50. The third-order valence-electron chi connectivity index (χ3n) is 4.01. The van der Waals surface area contributed by atoms with Crippen LogP contribution in [-0.4, -0.2) is 42.0 Å². The molecule has 7 heteroatoms. The molecule has 1 aliphatic rings. The molecule has 1 amide bonds.